The predicted molar refractivity (Wildman–Crippen MR) is 124 cm³/mol. The van der Waals surface area contributed by atoms with Crippen LogP contribution in [0.25, 0.3) is 10.2 Å². The molecule has 1 aliphatic carbocycles. The molecule has 0 radical (unpaired) electrons. The molecule has 168 valence electrons. The second-order valence-corrected chi connectivity index (χ2v) is 9.51. The molecule has 0 saturated carbocycles. The number of hydrogen-bond acceptors (Lipinski definition) is 6. The van der Waals surface area contributed by atoms with Crippen molar-refractivity contribution in [2.45, 2.75) is 51.6 Å². The number of fused-ring (bicyclic) bond motifs is 4. The topological polar surface area (TPSA) is 73.7 Å². The summed E-state index contributed by atoms with van der Waals surface area (Å²) in [5, 5.41) is 0.771. The summed E-state index contributed by atoms with van der Waals surface area (Å²) >= 11 is 1.65. The Morgan fingerprint density at radius 1 is 1.09 bits per heavy atom. The maximum atomic E-state index is 13.1. The number of thiophene rings is 1. The molecule has 5 rings (SSSR count). The van der Waals surface area contributed by atoms with Crippen LogP contribution < -0.4 is 15.0 Å². The molecule has 2 aromatic heterocycles. The minimum absolute atomic E-state index is 0.0111. The van der Waals surface area contributed by atoms with Gasteiger partial charge in [-0.1, -0.05) is 0 Å². The molecule has 0 bridgehead atoms. The Morgan fingerprint density at radius 2 is 1.84 bits per heavy atom. The zero-order valence-corrected chi connectivity index (χ0v) is 19.3. The number of methoxy groups -OCH3 is 2. The second kappa shape index (κ2) is 8.58. The number of aromatic nitrogens is 2. The molecule has 1 amide bonds. The van der Waals surface area contributed by atoms with Gasteiger partial charge in [0.05, 0.1) is 25.9 Å². The van der Waals surface area contributed by atoms with Crippen LogP contribution >= 0.6 is 11.3 Å². The first-order valence-electron chi connectivity index (χ1n) is 11.1. The average molecular weight is 454 g/mol. The summed E-state index contributed by atoms with van der Waals surface area (Å²) in [6.45, 7) is 1.55. The molecular weight excluding hydrogens is 426 g/mol. The van der Waals surface area contributed by atoms with Crippen LogP contribution in [0.15, 0.2) is 23.3 Å². The fourth-order valence-corrected chi connectivity index (χ4v) is 6.03. The zero-order chi connectivity index (χ0) is 22.2. The van der Waals surface area contributed by atoms with Gasteiger partial charge in [-0.05, 0) is 60.9 Å². The monoisotopic (exact) mass is 453 g/mol. The Kier molecular flexibility index (Phi) is 5.63. The lowest BCUT2D eigenvalue weighted by atomic mass is 9.97. The van der Waals surface area contributed by atoms with Gasteiger partial charge in [0.15, 0.2) is 11.5 Å². The van der Waals surface area contributed by atoms with E-state index in [1.165, 1.54) is 22.4 Å². The van der Waals surface area contributed by atoms with Crippen LogP contribution in [0.4, 0.5) is 0 Å². The smallest absolute Gasteiger partial charge is 0.262 e. The number of rotatable bonds is 5. The van der Waals surface area contributed by atoms with Crippen molar-refractivity contribution in [1.82, 2.24) is 14.5 Å². The highest BCUT2D eigenvalue weighted by Gasteiger charge is 2.24. The Balaban J connectivity index is 1.31. The van der Waals surface area contributed by atoms with Crippen molar-refractivity contribution in [2.75, 3.05) is 20.8 Å². The minimum Gasteiger partial charge on any atom is -0.493 e. The Bertz CT molecular complexity index is 1250. The molecule has 3 aromatic rings. The third kappa shape index (κ3) is 3.66. The lowest BCUT2D eigenvalue weighted by molar-refractivity contribution is -0.132. The van der Waals surface area contributed by atoms with E-state index >= 15 is 0 Å². The van der Waals surface area contributed by atoms with Crippen LogP contribution in [0.5, 0.6) is 11.5 Å². The van der Waals surface area contributed by atoms with Crippen LogP contribution in [0, 0.1) is 0 Å². The number of aryl methyl sites for hydroxylation is 3. The van der Waals surface area contributed by atoms with Crippen molar-refractivity contribution < 1.29 is 14.3 Å². The van der Waals surface area contributed by atoms with E-state index in [0.717, 1.165) is 41.5 Å². The first kappa shape index (κ1) is 21.0. The van der Waals surface area contributed by atoms with Crippen molar-refractivity contribution in [1.29, 1.82) is 0 Å². The maximum Gasteiger partial charge on any atom is 0.262 e. The molecule has 0 fully saturated rings. The number of hydrogen-bond donors (Lipinski definition) is 0. The highest BCUT2D eigenvalue weighted by Crippen LogP contribution is 2.34. The molecule has 0 spiro atoms. The third-order valence-electron chi connectivity index (χ3n) is 6.58. The normalized spacial score (nSPS) is 15.4. The highest BCUT2D eigenvalue weighted by molar-refractivity contribution is 7.18. The number of carbonyl (C=O) groups is 1. The molecular formula is C24H27N3O4S. The Hall–Kier alpha value is -2.87. The maximum absolute atomic E-state index is 13.1. The molecule has 1 aliphatic heterocycles. The number of amides is 1. The van der Waals surface area contributed by atoms with Gasteiger partial charge < -0.3 is 14.4 Å². The molecule has 0 unspecified atom stereocenters. The summed E-state index contributed by atoms with van der Waals surface area (Å²) in [5.41, 5.74) is 3.43. The van der Waals surface area contributed by atoms with Gasteiger partial charge in [-0.2, -0.15) is 0 Å². The molecule has 1 aromatic carbocycles. The van der Waals surface area contributed by atoms with Crippen molar-refractivity contribution in [3.05, 3.63) is 50.4 Å². The Labute approximate surface area is 190 Å². The predicted octanol–water partition coefficient (Wildman–Crippen LogP) is 3.33. The largest absolute Gasteiger partial charge is 0.493 e. The van der Waals surface area contributed by atoms with E-state index in [4.69, 9.17) is 9.47 Å². The third-order valence-corrected chi connectivity index (χ3v) is 7.78. The van der Waals surface area contributed by atoms with Gasteiger partial charge >= 0.3 is 0 Å². The van der Waals surface area contributed by atoms with Crippen LogP contribution in [-0.2, 0) is 37.1 Å². The van der Waals surface area contributed by atoms with E-state index in [2.05, 4.69) is 4.98 Å². The standard InChI is InChI=1S/C24H27N3O4S/c1-30-18-11-15-7-9-26(13-16(15)12-19(18)31-2)21(28)8-10-27-14-25-23-22(24(27)29)17-5-3-4-6-20(17)32-23/h11-12,14H,3-10,13H2,1-2H3. The van der Waals surface area contributed by atoms with Crippen LogP contribution in [0.3, 0.4) is 0 Å². The average Bonchev–Trinajstić information content (AvgIpc) is 3.21. The molecule has 0 N–H and O–H groups in total. The van der Waals surface area contributed by atoms with Gasteiger partial charge in [-0.3, -0.25) is 14.2 Å². The summed E-state index contributed by atoms with van der Waals surface area (Å²) in [4.78, 5) is 34.6. The number of carbonyl (C=O) groups excluding carboxylic acids is 1. The first-order chi connectivity index (χ1) is 15.6. The number of ether oxygens (including phenoxy) is 2. The molecule has 2 aliphatic rings. The van der Waals surface area contributed by atoms with E-state index < -0.39 is 0 Å². The van der Waals surface area contributed by atoms with Gasteiger partial charge in [0.1, 0.15) is 4.83 Å². The fourth-order valence-electron chi connectivity index (χ4n) is 4.81. The quantitative estimate of drug-likeness (QED) is 0.593. The summed E-state index contributed by atoms with van der Waals surface area (Å²) in [5.74, 6) is 1.43. The van der Waals surface area contributed by atoms with Gasteiger partial charge in [0, 0.05) is 30.9 Å². The summed E-state index contributed by atoms with van der Waals surface area (Å²) in [6, 6.07) is 3.95. The SMILES string of the molecule is COc1cc2c(cc1OC)CN(C(=O)CCn1cnc3sc4c(c3c1=O)CCCC4)CC2. The Morgan fingerprint density at radius 3 is 2.62 bits per heavy atom. The van der Waals surface area contributed by atoms with Crippen molar-refractivity contribution in [2.24, 2.45) is 0 Å². The molecule has 8 heteroatoms. The van der Waals surface area contributed by atoms with E-state index in [1.807, 2.05) is 17.0 Å². The van der Waals surface area contributed by atoms with Crippen LogP contribution in [0.1, 0.15) is 40.8 Å². The van der Waals surface area contributed by atoms with E-state index in [-0.39, 0.29) is 17.9 Å². The van der Waals surface area contributed by atoms with Crippen LogP contribution in [-0.4, -0.2) is 41.1 Å². The van der Waals surface area contributed by atoms with Crippen molar-refractivity contribution >= 4 is 27.5 Å². The highest BCUT2D eigenvalue weighted by atomic mass is 32.1. The van der Waals surface area contributed by atoms with E-state index in [0.29, 0.717) is 31.1 Å². The fraction of sp³-hybridized carbons (Fsp3) is 0.458. The molecule has 0 saturated heterocycles. The molecule has 7 nitrogen and oxygen atoms in total. The van der Waals surface area contributed by atoms with Gasteiger partial charge in [-0.15, -0.1) is 11.3 Å². The lowest BCUT2D eigenvalue weighted by Crippen LogP contribution is -2.37. The van der Waals surface area contributed by atoms with Crippen LogP contribution in [0.2, 0.25) is 0 Å². The van der Waals surface area contributed by atoms with Gasteiger partial charge in [0.2, 0.25) is 5.91 Å². The van der Waals surface area contributed by atoms with Crippen molar-refractivity contribution in [3.63, 3.8) is 0 Å². The summed E-state index contributed by atoms with van der Waals surface area (Å²) in [7, 11) is 3.24. The van der Waals surface area contributed by atoms with E-state index in [9.17, 15) is 9.59 Å². The van der Waals surface area contributed by atoms with Gasteiger partial charge in [-0.25, -0.2) is 4.98 Å². The molecule has 32 heavy (non-hydrogen) atoms. The van der Waals surface area contributed by atoms with Crippen molar-refractivity contribution in [3.8, 4) is 11.5 Å². The zero-order valence-electron chi connectivity index (χ0n) is 18.5. The molecule has 0 atom stereocenters. The summed E-state index contributed by atoms with van der Waals surface area (Å²) < 4.78 is 12.4. The first-order valence-corrected chi connectivity index (χ1v) is 11.9. The van der Waals surface area contributed by atoms with E-state index in [1.54, 1.807) is 36.5 Å². The van der Waals surface area contributed by atoms with Gasteiger partial charge in [0.25, 0.3) is 5.56 Å². The minimum atomic E-state index is -0.0111. The number of nitrogens with zero attached hydrogens (tertiary/aromatic N) is 3. The number of benzene rings is 1. The second-order valence-electron chi connectivity index (χ2n) is 8.43. The molecule has 3 heterocycles. The summed E-state index contributed by atoms with van der Waals surface area (Å²) in [6.07, 6.45) is 6.96. The lowest BCUT2D eigenvalue weighted by Gasteiger charge is -2.29.